The van der Waals surface area contributed by atoms with Crippen LogP contribution in [-0.4, -0.2) is 96.5 Å². The topological polar surface area (TPSA) is 144 Å². The number of amides is 1. The van der Waals surface area contributed by atoms with Gasteiger partial charge in [-0.1, -0.05) is 11.6 Å². The number of likely N-dealkylation sites (tertiary alicyclic amines) is 1. The molecule has 41 heavy (non-hydrogen) atoms. The van der Waals surface area contributed by atoms with Crippen LogP contribution in [0.4, 0.5) is 10.6 Å². The lowest BCUT2D eigenvalue weighted by atomic mass is 9.72. The molecule has 1 spiro atoms. The molecule has 12 heteroatoms. The SMILES string of the molecule is CNC[C@H](O)COc1ccc(Cl)c(-c2nc(/C(C(C)=N)=C(\C)O)c(C)c(N3CC4(CCN(C(=O)OC)CC4)C3)n2)c1. The number of allylic oxidation sites excluding steroid dienone is 2. The molecule has 2 fully saturated rings. The number of halogens is 1. The van der Waals surface area contributed by atoms with Gasteiger partial charge in [0.25, 0.3) is 0 Å². The van der Waals surface area contributed by atoms with Crippen molar-refractivity contribution in [2.75, 3.05) is 58.4 Å². The molecular weight excluding hydrogens is 548 g/mol. The van der Waals surface area contributed by atoms with Gasteiger partial charge in [0.1, 0.15) is 30.0 Å². The summed E-state index contributed by atoms with van der Waals surface area (Å²) < 4.78 is 10.7. The van der Waals surface area contributed by atoms with Crippen LogP contribution in [0.5, 0.6) is 5.75 Å². The molecule has 1 aromatic heterocycles. The second kappa shape index (κ2) is 12.6. The number of aliphatic hydroxyl groups is 2. The number of aromatic nitrogens is 2. The Bertz CT molecular complexity index is 1330. The van der Waals surface area contributed by atoms with Gasteiger partial charge in [-0.3, -0.25) is 0 Å². The number of hydrogen-bond donors (Lipinski definition) is 4. The predicted octanol–water partition coefficient (Wildman–Crippen LogP) is 4.06. The zero-order chi connectivity index (χ0) is 29.9. The Kier molecular flexibility index (Phi) is 9.41. The third-order valence-electron chi connectivity index (χ3n) is 7.76. The summed E-state index contributed by atoms with van der Waals surface area (Å²) in [5, 5.41) is 32.3. The molecule has 0 radical (unpaired) electrons. The first-order valence-electron chi connectivity index (χ1n) is 13.7. The van der Waals surface area contributed by atoms with Crippen molar-refractivity contribution >= 4 is 34.8 Å². The highest BCUT2D eigenvalue weighted by molar-refractivity contribution is 6.33. The smallest absolute Gasteiger partial charge is 0.409 e. The van der Waals surface area contributed by atoms with Crippen molar-refractivity contribution < 1.29 is 24.5 Å². The molecule has 2 aliphatic heterocycles. The van der Waals surface area contributed by atoms with Crippen LogP contribution in [0.3, 0.4) is 0 Å². The van der Waals surface area contributed by atoms with Gasteiger partial charge in [0.2, 0.25) is 0 Å². The molecule has 1 aromatic carbocycles. The summed E-state index contributed by atoms with van der Waals surface area (Å²) in [5.74, 6) is 1.55. The predicted molar refractivity (Wildman–Crippen MR) is 159 cm³/mol. The number of piperidine rings is 1. The molecule has 2 saturated heterocycles. The first-order valence-corrected chi connectivity index (χ1v) is 14.0. The molecule has 11 nitrogen and oxygen atoms in total. The largest absolute Gasteiger partial charge is 0.512 e. The van der Waals surface area contributed by atoms with E-state index in [1.165, 1.54) is 7.11 Å². The molecule has 0 saturated carbocycles. The summed E-state index contributed by atoms with van der Waals surface area (Å²) in [4.78, 5) is 25.6. The van der Waals surface area contributed by atoms with Crippen LogP contribution in [0.25, 0.3) is 17.0 Å². The van der Waals surface area contributed by atoms with E-state index in [9.17, 15) is 15.0 Å². The van der Waals surface area contributed by atoms with Gasteiger partial charge in [-0.25, -0.2) is 14.8 Å². The number of likely N-dealkylation sites (N-methyl/N-ethyl adjacent to an activating group) is 1. The molecule has 222 valence electrons. The Morgan fingerprint density at radius 1 is 1.24 bits per heavy atom. The van der Waals surface area contributed by atoms with E-state index in [2.05, 4.69) is 10.2 Å². The number of anilines is 1. The van der Waals surface area contributed by atoms with Crippen molar-refractivity contribution in [3.05, 3.63) is 40.2 Å². The monoisotopic (exact) mass is 586 g/mol. The molecule has 0 bridgehead atoms. The van der Waals surface area contributed by atoms with Gasteiger partial charge in [-0.15, -0.1) is 0 Å². The zero-order valence-corrected chi connectivity index (χ0v) is 25.0. The maximum atomic E-state index is 12.0. The fraction of sp³-hybridized carbons (Fsp3) is 0.517. The summed E-state index contributed by atoms with van der Waals surface area (Å²) in [6, 6.07) is 5.15. The van der Waals surface area contributed by atoms with Crippen LogP contribution in [-0.2, 0) is 4.74 Å². The number of hydrogen-bond acceptors (Lipinski definition) is 10. The van der Waals surface area contributed by atoms with Crippen molar-refractivity contribution in [3.63, 3.8) is 0 Å². The van der Waals surface area contributed by atoms with Crippen LogP contribution in [0.15, 0.2) is 24.0 Å². The minimum atomic E-state index is -0.679. The average Bonchev–Trinajstić information content (AvgIpc) is 2.92. The highest BCUT2D eigenvalue weighted by Gasteiger charge is 2.46. The number of carbonyl (C=O) groups is 1. The number of benzene rings is 1. The van der Waals surface area contributed by atoms with Crippen molar-refractivity contribution in [1.82, 2.24) is 20.2 Å². The number of methoxy groups -OCH3 is 1. The van der Waals surface area contributed by atoms with E-state index >= 15 is 0 Å². The van der Waals surface area contributed by atoms with Gasteiger partial charge in [0.05, 0.1) is 23.4 Å². The lowest BCUT2D eigenvalue weighted by Crippen LogP contribution is -2.61. The third kappa shape index (κ3) is 6.58. The van der Waals surface area contributed by atoms with Crippen LogP contribution >= 0.6 is 11.6 Å². The molecule has 0 unspecified atom stereocenters. The Hall–Kier alpha value is -3.41. The summed E-state index contributed by atoms with van der Waals surface area (Å²) >= 11 is 6.63. The molecule has 4 rings (SSSR count). The molecule has 1 atom stereocenters. The maximum absolute atomic E-state index is 12.0. The number of nitrogens with zero attached hydrogens (tertiary/aromatic N) is 4. The van der Waals surface area contributed by atoms with E-state index in [1.807, 2.05) is 6.92 Å². The molecule has 2 aliphatic rings. The first kappa shape index (κ1) is 30.5. The number of ether oxygens (including phenoxy) is 2. The molecule has 2 aromatic rings. The van der Waals surface area contributed by atoms with E-state index in [0.717, 1.165) is 31.5 Å². The fourth-order valence-corrected chi connectivity index (χ4v) is 5.77. The van der Waals surface area contributed by atoms with Crippen LogP contribution in [0.1, 0.15) is 37.9 Å². The number of aliphatic hydroxyl groups excluding tert-OH is 2. The normalized spacial score (nSPS) is 17.5. The number of rotatable bonds is 9. The van der Waals surface area contributed by atoms with Crippen LogP contribution in [0, 0.1) is 17.7 Å². The molecule has 0 aliphatic carbocycles. The van der Waals surface area contributed by atoms with Gasteiger partial charge >= 0.3 is 6.09 Å². The first-order chi connectivity index (χ1) is 19.5. The Labute approximate surface area is 245 Å². The van der Waals surface area contributed by atoms with Crippen molar-refractivity contribution in [3.8, 4) is 17.1 Å². The lowest BCUT2D eigenvalue weighted by Gasteiger charge is -2.54. The summed E-state index contributed by atoms with van der Waals surface area (Å²) in [6.45, 7) is 8.37. The minimum absolute atomic E-state index is 0.00633. The van der Waals surface area contributed by atoms with E-state index in [0.29, 0.717) is 58.9 Å². The summed E-state index contributed by atoms with van der Waals surface area (Å²) in [5.41, 5.74) is 2.35. The Morgan fingerprint density at radius 3 is 2.51 bits per heavy atom. The lowest BCUT2D eigenvalue weighted by molar-refractivity contribution is 0.0621. The summed E-state index contributed by atoms with van der Waals surface area (Å²) in [7, 11) is 3.16. The number of nitrogens with one attached hydrogen (secondary N) is 2. The minimum Gasteiger partial charge on any atom is -0.512 e. The van der Waals surface area contributed by atoms with E-state index < -0.39 is 6.10 Å². The second-order valence-electron chi connectivity index (χ2n) is 10.9. The molecular formula is C29H39ClN6O5. The van der Waals surface area contributed by atoms with Gasteiger partial charge in [0, 0.05) is 55.0 Å². The standard InChI is InChI=1S/C29H39ClN6O5/c1-17-25(24(18(2)31)19(3)37)33-26(22-12-21(6-7-23(22)30)41-14-20(38)13-32-4)34-27(17)36-15-29(16-36)8-10-35(11-9-29)28(39)40-5/h6-7,12,20,31-32,37-38H,8-11,13-16H2,1-5H3/b24-19+,31-18?/t20-/m0/s1. The highest BCUT2D eigenvalue weighted by Crippen LogP contribution is 2.44. The Morgan fingerprint density at radius 2 is 1.93 bits per heavy atom. The maximum Gasteiger partial charge on any atom is 0.409 e. The Balaban J connectivity index is 1.69. The van der Waals surface area contributed by atoms with Gasteiger partial charge in [0.15, 0.2) is 5.82 Å². The average molecular weight is 587 g/mol. The zero-order valence-electron chi connectivity index (χ0n) is 24.3. The van der Waals surface area contributed by atoms with Gasteiger partial charge in [-0.05, 0) is 58.9 Å². The van der Waals surface area contributed by atoms with Crippen molar-refractivity contribution in [1.29, 1.82) is 5.41 Å². The van der Waals surface area contributed by atoms with Crippen LogP contribution < -0.4 is 15.0 Å². The molecule has 1 amide bonds. The van der Waals surface area contributed by atoms with Gasteiger partial charge < -0.3 is 40.2 Å². The third-order valence-corrected chi connectivity index (χ3v) is 8.09. The van der Waals surface area contributed by atoms with Crippen molar-refractivity contribution in [2.45, 2.75) is 39.7 Å². The van der Waals surface area contributed by atoms with Crippen molar-refractivity contribution in [2.24, 2.45) is 5.41 Å². The second-order valence-corrected chi connectivity index (χ2v) is 11.3. The van der Waals surface area contributed by atoms with Gasteiger partial charge in [-0.2, -0.15) is 0 Å². The number of carbonyl (C=O) groups excluding carboxylic acids is 1. The fourth-order valence-electron chi connectivity index (χ4n) is 5.57. The highest BCUT2D eigenvalue weighted by atomic mass is 35.5. The van der Waals surface area contributed by atoms with E-state index in [-0.39, 0.29) is 29.6 Å². The quantitative estimate of drug-likeness (QED) is 0.252. The van der Waals surface area contributed by atoms with E-state index in [4.69, 9.17) is 36.5 Å². The van der Waals surface area contributed by atoms with E-state index in [1.54, 1.807) is 44.0 Å². The summed E-state index contributed by atoms with van der Waals surface area (Å²) in [6.07, 6.45) is 0.764. The van der Waals surface area contributed by atoms with Crippen LogP contribution in [0.2, 0.25) is 5.02 Å². The molecule has 3 heterocycles. The molecule has 4 N–H and O–H groups in total.